The number of hydrogen-bond acceptors (Lipinski definition) is 3. The number of benzene rings is 1. The van der Waals surface area contributed by atoms with Crippen LogP contribution in [0.1, 0.15) is 24.8 Å². The third-order valence-electron chi connectivity index (χ3n) is 3.56. The molecule has 0 spiro atoms. The van der Waals surface area contributed by atoms with Crippen LogP contribution < -0.4 is 5.73 Å². The Labute approximate surface area is 109 Å². The third kappa shape index (κ3) is 4.09. The molecule has 3 N–H and O–H groups in total. The molecule has 0 saturated heterocycles. The molecule has 1 aliphatic rings. The number of aryl methyl sites for hydroxylation is 1. The summed E-state index contributed by atoms with van der Waals surface area (Å²) >= 11 is 0. The van der Waals surface area contributed by atoms with Gasteiger partial charge >= 0.3 is 0 Å². The van der Waals surface area contributed by atoms with Crippen LogP contribution in [-0.4, -0.2) is 30.5 Å². The van der Waals surface area contributed by atoms with Crippen molar-refractivity contribution in [2.75, 3.05) is 13.2 Å². The van der Waals surface area contributed by atoms with Crippen LogP contribution in [0, 0.1) is 5.92 Å². The highest BCUT2D eigenvalue weighted by Gasteiger charge is 2.34. The number of hydrogen-bond donors (Lipinski definition) is 2. The van der Waals surface area contributed by atoms with E-state index in [4.69, 9.17) is 10.5 Å². The molecule has 1 fully saturated rings. The minimum Gasteiger partial charge on any atom is -0.394 e. The van der Waals surface area contributed by atoms with Crippen LogP contribution >= 0.6 is 0 Å². The molecule has 0 aromatic heterocycles. The fourth-order valence-corrected chi connectivity index (χ4v) is 2.23. The Bertz CT molecular complexity index is 338. The standard InChI is InChI=1S/C15H23NO2/c16-15(13-8-9-13)14(11-17)18-10-4-7-12-5-2-1-3-6-12/h1-3,5-6,13-15,17H,4,7-11,16H2. The van der Waals surface area contributed by atoms with Crippen LogP contribution in [0.2, 0.25) is 0 Å². The molecular weight excluding hydrogens is 226 g/mol. The first kappa shape index (κ1) is 13.5. The molecule has 3 heteroatoms. The Morgan fingerprint density at radius 3 is 2.61 bits per heavy atom. The van der Waals surface area contributed by atoms with Crippen molar-refractivity contribution >= 4 is 0 Å². The summed E-state index contributed by atoms with van der Waals surface area (Å²) in [6.07, 6.45) is 4.17. The highest BCUT2D eigenvalue weighted by atomic mass is 16.5. The van der Waals surface area contributed by atoms with E-state index in [2.05, 4.69) is 24.3 Å². The zero-order chi connectivity index (χ0) is 12.8. The van der Waals surface area contributed by atoms with Crippen LogP contribution in [0.25, 0.3) is 0 Å². The average molecular weight is 249 g/mol. The second kappa shape index (κ2) is 6.88. The highest BCUT2D eigenvalue weighted by Crippen LogP contribution is 2.33. The fourth-order valence-electron chi connectivity index (χ4n) is 2.23. The van der Waals surface area contributed by atoms with E-state index >= 15 is 0 Å². The van der Waals surface area contributed by atoms with Gasteiger partial charge in [-0.15, -0.1) is 0 Å². The van der Waals surface area contributed by atoms with Gasteiger partial charge in [0.1, 0.15) is 0 Å². The van der Waals surface area contributed by atoms with Crippen molar-refractivity contribution in [3.05, 3.63) is 35.9 Å². The summed E-state index contributed by atoms with van der Waals surface area (Å²) < 4.78 is 5.70. The molecule has 2 unspecified atom stereocenters. The summed E-state index contributed by atoms with van der Waals surface area (Å²) in [7, 11) is 0. The normalized spacial score (nSPS) is 18.6. The number of aliphatic hydroxyl groups excluding tert-OH is 1. The lowest BCUT2D eigenvalue weighted by atomic mass is 10.1. The van der Waals surface area contributed by atoms with Crippen molar-refractivity contribution in [3.8, 4) is 0 Å². The van der Waals surface area contributed by atoms with E-state index in [0.29, 0.717) is 12.5 Å². The van der Waals surface area contributed by atoms with Gasteiger partial charge in [0.05, 0.1) is 12.7 Å². The minimum absolute atomic E-state index is 0.00623. The van der Waals surface area contributed by atoms with Crippen molar-refractivity contribution in [3.63, 3.8) is 0 Å². The summed E-state index contributed by atoms with van der Waals surface area (Å²) in [5.74, 6) is 0.566. The maximum absolute atomic E-state index is 9.28. The molecule has 0 heterocycles. The Balaban J connectivity index is 1.64. The largest absolute Gasteiger partial charge is 0.394 e. The predicted octanol–water partition coefficient (Wildman–Crippen LogP) is 1.73. The van der Waals surface area contributed by atoms with Gasteiger partial charge in [0, 0.05) is 12.6 Å². The van der Waals surface area contributed by atoms with Crippen LogP contribution in [0.4, 0.5) is 0 Å². The minimum atomic E-state index is -0.187. The lowest BCUT2D eigenvalue weighted by Gasteiger charge is -2.22. The van der Waals surface area contributed by atoms with Gasteiger partial charge in [-0.05, 0) is 37.2 Å². The van der Waals surface area contributed by atoms with Crippen molar-refractivity contribution in [2.45, 2.75) is 37.8 Å². The second-order valence-electron chi connectivity index (χ2n) is 5.10. The topological polar surface area (TPSA) is 55.5 Å². The molecule has 100 valence electrons. The van der Waals surface area contributed by atoms with Gasteiger partial charge in [0.2, 0.25) is 0 Å². The van der Waals surface area contributed by atoms with Crippen molar-refractivity contribution < 1.29 is 9.84 Å². The highest BCUT2D eigenvalue weighted by molar-refractivity contribution is 5.14. The molecule has 0 radical (unpaired) electrons. The Kier molecular flexibility index (Phi) is 5.17. The van der Waals surface area contributed by atoms with E-state index in [1.165, 1.54) is 18.4 Å². The Morgan fingerprint density at radius 2 is 2.00 bits per heavy atom. The molecule has 1 aromatic carbocycles. The predicted molar refractivity (Wildman–Crippen MR) is 72.3 cm³/mol. The molecule has 3 nitrogen and oxygen atoms in total. The Morgan fingerprint density at radius 1 is 1.28 bits per heavy atom. The van der Waals surface area contributed by atoms with Gasteiger partial charge in [-0.25, -0.2) is 0 Å². The molecule has 0 aliphatic heterocycles. The van der Waals surface area contributed by atoms with Crippen LogP contribution in [0.5, 0.6) is 0 Å². The van der Waals surface area contributed by atoms with Crippen molar-refractivity contribution in [2.24, 2.45) is 11.7 Å². The maximum Gasteiger partial charge on any atom is 0.0958 e. The van der Waals surface area contributed by atoms with Gasteiger partial charge in [-0.2, -0.15) is 0 Å². The molecule has 2 atom stereocenters. The lowest BCUT2D eigenvalue weighted by molar-refractivity contribution is -0.00728. The zero-order valence-corrected chi connectivity index (χ0v) is 10.8. The van der Waals surface area contributed by atoms with E-state index in [-0.39, 0.29) is 18.8 Å². The molecular formula is C15H23NO2. The molecule has 1 saturated carbocycles. The molecule has 1 aliphatic carbocycles. The molecule has 1 aromatic rings. The number of rotatable bonds is 8. The Hall–Kier alpha value is -0.900. The van der Waals surface area contributed by atoms with E-state index < -0.39 is 0 Å². The van der Waals surface area contributed by atoms with Gasteiger partial charge in [0.25, 0.3) is 0 Å². The maximum atomic E-state index is 9.28. The number of nitrogens with two attached hydrogens (primary N) is 1. The summed E-state index contributed by atoms with van der Waals surface area (Å²) in [5.41, 5.74) is 7.37. The van der Waals surface area contributed by atoms with Gasteiger partial charge in [-0.1, -0.05) is 30.3 Å². The summed E-state index contributed by atoms with van der Waals surface area (Å²) in [5, 5.41) is 9.28. The van der Waals surface area contributed by atoms with Gasteiger partial charge < -0.3 is 15.6 Å². The number of ether oxygens (including phenoxy) is 1. The first-order valence-electron chi connectivity index (χ1n) is 6.83. The van der Waals surface area contributed by atoms with E-state index in [9.17, 15) is 5.11 Å². The van der Waals surface area contributed by atoms with Gasteiger partial charge in [0.15, 0.2) is 0 Å². The number of aliphatic hydroxyl groups is 1. The lowest BCUT2D eigenvalue weighted by Crippen LogP contribution is -2.41. The fraction of sp³-hybridized carbons (Fsp3) is 0.600. The monoisotopic (exact) mass is 249 g/mol. The quantitative estimate of drug-likeness (QED) is 0.690. The summed E-state index contributed by atoms with van der Waals surface area (Å²) in [6, 6.07) is 10.4. The second-order valence-corrected chi connectivity index (χ2v) is 5.10. The zero-order valence-electron chi connectivity index (χ0n) is 10.8. The van der Waals surface area contributed by atoms with E-state index in [1.807, 2.05) is 6.07 Å². The van der Waals surface area contributed by atoms with Crippen LogP contribution in [0.3, 0.4) is 0 Å². The van der Waals surface area contributed by atoms with Gasteiger partial charge in [-0.3, -0.25) is 0 Å². The summed E-state index contributed by atoms with van der Waals surface area (Å²) in [6.45, 7) is 0.698. The van der Waals surface area contributed by atoms with E-state index in [0.717, 1.165) is 12.8 Å². The SMILES string of the molecule is NC(C1CC1)C(CO)OCCCc1ccccc1. The average Bonchev–Trinajstić information content (AvgIpc) is 3.24. The molecule has 2 rings (SSSR count). The smallest absolute Gasteiger partial charge is 0.0958 e. The molecule has 18 heavy (non-hydrogen) atoms. The van der Waals surface area contributed by atoms with Crippen LogP contribution in [0.15, 0.2) is 30.3 Å². The van der Waals surface area contributed by atoms with Crippen molar-refractivity contribution in [1.29, 1.82) is 0 Å². The first-order chi connectivity index (χ1) is 8.81. The molecule has 0 bridgehead atoms. The van der Waals surface area contributed by atoms with E-state index in [1.54, 1.807) is 0 Å². The third-order valence-corrected chi connectivity index (χ3v) is 3.56. The molecule has 0 amide bonds. The van der Waals surface area contributed by atoms with Crippen molar-refractivity contribution in [1.82, 2.24) is 0 Å². The van der Waals surface area contributed by atoms with Crippen LogP contribution in [-0.2, 0) is 11.2 Å². The first-order valence-corrected chi connectivity index (χ1v) is 6.83. The summed E-state index contributed by atoms with van der Waals surface area (Å²) in [4.78, 5) is 0.